The maximum atomic E-state index is 12.4. The molecule has 2 N–H and O–H groups in total. The summed E-state index contributed by atoms with van der Waals surface area (Å²) in [5.41, 5.74) is 0.733. The highest BCUT2D eigenvalue weighted by molar-refractivity contribution is 6.22. The van der Waals surface area contributed by atoms with E-state index in [2.05, 4.69) is 22.5 Å². The number of carbonyl (C=O) groups is 2. The summed E-state index contributed by atoms with van der Waals surface area (Å²) in [7, 11) is 1.86. The van der Waals surface area contributed by atoms with Gasteiger partial charge in [-0.15, -0.1) is 5.92 Å². The molecule has 1 fully saturated rings. The molecule has 0 saturated heterocycles. The summed E-state index contributed by atoms with van der Waals surface area (Å²) in [6.07, 6.45) is 1.32. The van der Waals surface area contributed by atoms with Gasteiger partial charge in [0, 0.05) is 31.5 Å². The largest absolute Gasteiger partial charge is 0.380 e. The average Bonchev–Trinajstić information content (AvgIpc) is 2.44. The first kappa shape index (κ1) is 19.4. The smallest absolute Gasteiger partial charge is 0.168 e. The van der Waals surface area contributed by atoms with Crippen molar-refractivity contribution in [2.45, 2.75) is 40.0 Å². The van der Waals surface area contributed by atoms with Crippen LogP contribution in [0.4, 0.5) is 0 Å². The van der Waals surface area contributed by atoms with E-state index in [-0.39, 0.29) is 17.0 Å². The van der Waals surface area contributed by atoms with E-state index >= 15 is 0 Å². The molecule has 0 aromatic rings. The Balaban J connectivity index is 2.84. The normalized spacial score (nSPS) is 16.8. The molecule has 1 aliphatic carbocycles. The Labute approximate surface area is 139 Å². The van der Waals surface area contributed by atoms with Gasteiger partial charge in [0.05, 0.1) is 25.3 Å². The summed E-state index contributed by atoms with van der Waals surface area (Å²) < 4.78 is 5.52. The van der Waals surface area contributed by atoms with Gasteiger partial charge in [0.2, 0.25) is 0 Å². The van der Waals surface area contributed by atoms with Crippen molar-refractivity contribution in [3.8, 4) is 11.8 Å². The zero-order valence-corrected chi connectivity index (χ0v) is 14.7. The number of allylic oxidation sites excluding steroid dienone is 1. The van der Waals surface area contributed by atoms with Crippen molar-refractivity contribution in [3.05, 3.63) is 11.3 Å². The van der Waals surface area contributed by atoms with Crippen LogP contribution in [0.2, 0.25) is 0 Å². The first-order valence-electron chi connectivity index (χ1n) is 8.06. The summed E-state index contributed by atoms with van der Waals surface area (Å²) in [5.74, 6) is 5.56. The van der Waals surface area contributed by atoms with Gasteiger partial charge in [0.15, 0.2) is 11.6 Å². The fraction of sp³-hybridized carbons (Fsp3) is 0.667. The lowest BCUT2D eigenvalue weighted by molar-refractivity contribution is -0.127. The minimum atomic E-state index is -0.255. The first-order chi connectivity index (χ1) is 10.9. The van der Waals surface area contributed by atoms with Gasteiger partial charge in [-0.3, -0.25) is 9.59 Å². The topological polar surface area (TPSA) is 67.4 Å². The summed E-state index contributed by atoms with van der Waals surface area (Å²) in [6.45, 7) is 7.93. The van der Waals surface area contributed by atoms with Gasteiger partial charge >= 0.3 is 0 Å². The van der Waals surface area contributed by atoms with Crippen LogP contribution in [0.15, 0.2) is 11.3 Å². The van der Waals surface area contributed by atoms with Crippen molar-refractivity contribution in [3.63, 3.8) is 0 Å². The summed E-state index contributed by atoms with van der Waals surface area (Å²) in [4.78, 5) is 24.8. The number of Topliss-reactive ketones (excluding diaryl/α,β-unsaturated/α-hetero) is 2. The Morgan fingerprint density at radius 1 is 1.22 bits per heavy atom. The van der Waals surface area contributed by atoms with Crippen molar-refractivity contribution in [1.82, 2.24) is 10.6 Å². The molecular weight excluding hydrogens is 292 g/mol. The molecule has 0 aromatic heterocycles. The number of rotatable bonds is 8. The second kappa shape index (κ2) is 9.49. The van der Waals surface area contributed by atoms with Crippen molar-refractivity contribution in [1.29, 1.82) is 0 Å². The third-order valence-electron chi connectivity index (χ3n) is 3.70. The van der Waals surface area contributed by atoms with Crippen molar-refractivity contribution in [2.75, 3.05) is 33.4 Å². The van der Waals surface area contributed by atoms with Crippen molar-refractivity contribution in [2.24, 2.45) is 5.41 Å². The highest BCUT2D eigenvalue weighted by atomic mass is 16.5. The minimum absolute atomic E-state index is 0.0755. The van der Waals surface area contributed by atoms with Gasteiger partial charge < -0.3 is 15.4 Å². The zero-order valence-electron chi connectivity index (χ0n) is 14.7. The molecule has 0 aliphatic heterocycles. The van der Waals surface area contributed by atoms with E-state index in [1.807, 2.05) is 20.9 Å². The van der Waals surface area contributed by atoms with Crippen LogP contribution < -0.4 is 10.6 Å². The molecule has 5 heteroatoms. The third kappa shape index (κ3) is 6.55. The summed E-state index contributed by atoms with van der Waals surface area (Å²) in [6, 6.07) is 0. The quantitative estimate of drug-likeness (QED) is 0.307. The second-order valence-electron chi connectivity index (χ2n) is 6.46. The Morgan fingerprint density at radius 2 is 1.87 bits per heavy atom. The summed E-state index contributed by atoms with van der Waals surface area (Å²) >= 11 is 0. The SMILES string of the molecule is CC#CCNC(CCOCCNC)=C1C(=O)CC(C)(C)CC1=O. The fourth-order valence-corrected chi connectivity index (χ4v) is 2.59. The van der Waals surface area contributed by atoms with Crippen molar-refractivity contribution < 1.29 is 14.3 Å². The van der Waals surface area contributed by atoms with Crippen LogP contribution in [0, 0.1) is 17.3 Å². The zero-order chi connectivity index (χ0) is 17.3. The fourth-order valence-electron chi connectivity index (χ4n) is 2.59. The molecule has 5 nitrogen and oxygen atoms in total. The lowest BCUT2D eigenvalue weighted by Crippen LogP contribution is -2.34. The van der Waals surface area contributed by atoms with Crippen LogP contribution in [0.5, 0.6) is 0 Å². The Kier molecular flexibility index (Phi) is 8.01. The predicted molar refractivity (Wildman–Crippen MR) is 90.9 cm³/mol. The van der Waals surface area contributed by atoms with E-state index in [0.717, 1.165) is 6.54 Å². The highest BCUT2D eigenvalue weighted by Crippen LogP contribution is 2.34. The number of hydrogen-bond acceptors (Lipinski definition) is 5. The van der Waals surface area contributed by atoms with E-state index in [9.17, 15) is 9.59 Å². The van der Waals surface area contributed by atoms with Crippen LogP contribution in [0.25, 0.3) is 0 Å². The molecule has 0 unspecified atom stereocenters. The van der Waals surface area contributed by atoms with Gasteiger partial charge in [0.25, 0.3) is 0 Å². The Morgan fingerprint density at radius 3 is 2.43 bits per heavy atom. The maximum Gasteiger partial charge on any atom is 0.168 e. The average molecular weight is 320 g/mol. The molecule has 0 bridgehead atoms. The molecule has 128 valence electrons. The highest BCUT2D eigenvalue weighted by Gasteiger charge is 2.37. The summed E-state index contributed by atoms with van der Waals surface area (Å²) in [5, 5.41) is 6.14. The van der Waals surface area contributed by atoms with Gasteiger partial charge in [-0.1, -0.05) is 19.8 Å². The lowest BCUT2D eigenvalue weighted by atomic mass is 9.73. The van der Waals surface area contributed by atoms with Gasteiger partial charge in [-0.05, 0) is 19.4 Å². The number of hydrogen-bond donors (Lipinski definition) is 2. The number of nitrogens with one attached hydrogen (secondary N) is 2. The molecular formula is C18H28N2O3. The third-order valence-corrected chi connectivity index (χ3v) is 3.70. The molecule has 1 saturated carbocycles. The van der Waals surface area contributed by atoms with Crippen LogP contribution in [0.1, 0.15) is 40.0 Å². The predicted octanol–water partition coefficient (Wildman–Crippen LogP) is 1.44. The van der Waals surface area contributed by atoms with Crippen LogP contribution >= 0.6 is 0 Å². The Bertz CT molecular complexity index is 502. The number of ether oxygens (including phenoxy) is 1. The number of carbonyl (C=O) groups excluding carboxylic acids is 2. The molecule has 0 aromatic carbocycles. The van der Waals surface area contributed by atoms with E-state index in [4.69, 9.17) is 4.74 Å². The molecule has 0 spiro atoms. The van der Waals surface area contributed by atoms with Gasteiger partial charge in [-0.2, -0.15) is 0 Å². The second-order valence-corrected chi connectivity index (χ2v) is 6.46. The number of ketones is 2. The van der Waals surface area contributed by atoms with Crippen LogP contribution in [-0.2, 0) is 14.3 Å². The molecule has 23 heavy (non-hydrogen) atoms. The van der Waals surface area contributed by atoms with Gasteiger partial charge in [-0.25, -0.2) is 0 Å². The first-order valence-corrected chi connectivity index (χ1v) is 8.06. The Hall–Kier alpha value is -1.64. The maximum absolute atomic E-state index is 12.4. The number of likely N-dealkylation sites (N-methyl/N-ethyl adjacent to an activating group) is 1. The molecule has 1 rings (SSSR count). The standard InChI is InChI=1S/C18H28N2O3/c1-5-6-8-20-14(7-10-23-11-9-19-4)17-15(21)12-18(2,3)13-16(17)22/h19-20H,7-13H2,1-4H3. The van der Waals surface area contributed by atoms with E-state index in [1.54, 1.807) is 6.92 Å². The van der Waals surface area contributed by atoms with Crippen LogP contribution in [-0.4, -0.2) is 44.9 Å². The minimum Gasteiger partial charge on any atom is -0.380 e. The molecule has 0 atom stereocenters. The molecule has 1 aliphatic rings. The monoisotopic (exact) mass is 320 g/mol. The van der Waals surface area contributed by atoms with E-state index in [0.29, 0.717) is 50.3 Å². The molecule has 0 radical (unpaired) electrons. The van der Waals surface area contributed by atoms with E-state index in [1.165, 1.54) is 0 Å². The van der Waals surface area contributed by atoms with Crippen LogP contribution in [0.3, 0.4) is 0 Å². The molecule has 0 heterocycles. The van der Waals surface area contributed by atoms with E-state index < -0.39 is 0 Å². The van der Waals surface area contributed by atoms with Crippen molar-refractivity contribution >= 4 is 11.6 Å². The lowest BCUT2D eigenvalue weighted by Gasteiger charge is -2.30. The van der Waals surface area contributed by atoms with Gasteiger partial charge in [0.1, 0.15) is 0 Å². The molecule has 0 amide bonds.